The first kappa shape index (κ1) is 15.6. The molecule has 0 rings (SSSR count). The molecule has 0 fully saturated rings. The number of sulfonamides is 1. The molecule has 0 bridgehead atoms. The van der Waals surface area contributed by atoms with Crippen LogP contribution in [0.1, 0.15) is 27.2 Å². The van der Waals surface area contributed by atoms with Gasteiger partial charge in [0.25, 0.3) is 0 Å². The maximum atomic E-state index is 11.4. The smallest absolute Gasteiger partial charge is 0.211 e. The topological polar surface area (TPSA) is 55.4 Å². The van der Waals surface area contributed by atoms with Gasteiger partial charge >= 0.3 is 0 Å². The van der Waals surface area contributed by atoms with Crippen molar-refractivity contribution in [1.82, 2.24) is 4.72 Å². The third-order valence-corrected chi connectivity index (χ3v) is 3.30. The summed E-state index contributed by atoms with van der Waals surface area (Å²) >= 11 is 0. The van der Waals surface area contributed by atoms with Gasteiger partial charge < -0.3 is 4.74 Å². The summed E-state index contributed by atoms with van der Waals surface area (Å²) in [5.74, 6) is 0.585. The van der Waals surface area contributed by atoms with Crippen LogP contribution in [0.15, 0.2) is 12.2 Å². The summed E-state index contributed by atoms with van der Waals surface area (Å²) < 4.78 is 30.6. The van der Waals surface area contributed by atoms with Crippen molar-refractivity contribution in [1.29, 1.82) is 0 Å². The Morgan fingerprint density at radius 2 is 2.06 bits per heavy atom. The fourth-order valence-corrected chi connectivity index (χ4v) is 2.30. The maximum absolute atomic E-state index is 11.4. The molecule has 0 saturated heterocycles. The lowest BCUT2D eigenvalue weighted by Gasteiger charge is -2.08. The molecule has 96 valence electrons. The fraction of sp³-hybridized carbons (Fsp3) is 0.818. The Morgan fingerprint density at radius 1 is 1.44 bits per heavy atom. The molecule has 0 heterocycles. The van der Waals surface area contributed by atoms with E-state index < -0.39 is 10.0 Å². The molecule has 0 aromatic carbocycles. The number of nitrogens with one attached hydrogen (secondary N) is 1. The summed E-state index contributed by atoms with van der Waals surface area (Å²) in [6, 6.07) is 0. The van der Waals surface area contributed by atoms with Gasteiger partial charge in [-0.25, -0.2) is 13.1 Å². The van der Waals surface area contributed by atoms with E-state index in [4.69, 9.17) is 4.74 Å². The Balaban J connectivity index is 3.62. The van der Waals surface area contributed by atoms with Crippen molar-refractivity contribution in [2.24, 2.45) is 5.92 Å². The summed E-state index contributed by atoms with van der Waals surface area (Å²) in [4.78, 5) is 0. The average molecular weight is 249 g/mol. The van der Waals surface area contributed by atoms with E-state index >= 15 is 0 Å². The fourth-order valence-electron chi connectivity index (χ4n) is 0.979. The summed E-state index contributed by atoms with van der Waals surface area (Å²) in [6.07, 6.45) is 0.682. The minimum absolute atomic E-state index is 0.186. The van der Waals surface area contributed by atoms with Crippen LogP contribution in [0.2, 0.25) is 0 Å². The molecule has 0 spiro atoms. The first-order chi connectivity index (χ1) is 7.33. The summed E-state index contributed by atoms with van der Waals surface area (Å²) in [7, 11) is -3.13. The Hall–Kier alpha value is -0.390. The quantitative estimate of drug-likeness (QED) is 0.498. The molecule has 0 aromatic rings. The van der Waals surface area contributed by atoms with E-state index in [0.717, 1.165) is 5.57 Å². The van der Waals surface area contributed by atoms with E-state index in [-0.39, 0.29) is 5.75 Å². The molecule has 0 atom stereocenters. The van der Waals surface area contributed by atoms with E-state index in [1.54, 1.807) is 0 Å². The number of rotatable bonds is 9. The molecule has 0 aliphatic rings. The molecule has 0 aliphatic heterocycles. The van der Waals surface area contributed by atoms with E-state index in [0.29, 0.717) is 32.1 Å². The monoisotopic (exact) mass is 249 g/mol. The second-order valence-electron chi connectivity index (χ2n) is 4.41. The molecule has 0 amide bonds. The first-order valence-corrected chi connectivity index (χ1v) is 7.18. The van der Waals surface area contributed by atoms with Crippen LogP contribution >= 0.6 is 0 Å². The Labute approximate surface area is 99.1 Å². The van der Waals surface area contributed by atoms with Gasteiger partial charge in [0.05, 0.1) is 19.0 Å². The van der Waals surface area contributed by atoms with Crippen molar-refractivity contribution in [3.05, 3.63) is 12.2 Å². The predicted octanol–water partition coefficient (Wildman–Crippen LogP) is 1.54. The third kappa shape index (κ3) is 10.1. The highest BCUT2D eigenvalue weighted by Gasteiger charge is 2.09. The second kappa shape index (κ2) is 7.81. The van der Waals surface area contributed by atoms with Crippen molar-refractivity contribution in [2.45, 2.75) is 27.2 Å². The van der Waals surface area contributed by atoms with Gasteiger partial charge in [0.1, 0.15) is 0 Å². The van der Waals surface area contributed by atoms with E-state index in [1.165, 1.54) is 0 Å². The van der Waals surface area contributed by atoms with E-state index in [2.05, 4.69) is 11.3 Å². The standard InChI is InChI=1S/C11H23NO3S/c1-10(2)5-8-16(13,14)12-6-7-15-9-11(3)4/h10,12H,3,5-9H2,1-2,4H3. The Morgan fingerprint density at radius 3 is 2.56 bits per heavy atom. The van der Waals surface area contributed by atoms with Crippen molar-refractivity contribution in [3.8, 4) is 0 Å². The molecule has 0 aromatic heterocycles. The zero-order valence-electron chi connectivity index (χ0n) is 10.5. The molecule has 0 aliphatic carbocycles. The summed E-state index contributed by atoms with van der Waals surface area (Å²) in [6.45, 7) is 10.8. The number of hydrogen-bond acceptors (Lipinski definition) is 3. The number of ether oxygens (including phenoxy) is 1. The van der Waals surface area contributed by atoms with Crippen LogP contribution in [0.3, 0.4) is 0 Å². The highest BCUT2D eigenvalue weighted by molar-refractivity contribution is 7.89. The largest absolute Gasteiger partial charge is 0.376 e. The van der Waals surface area contributed by atoms with Crippen LogP contribution in [0.5, 0.6) is 0 Å². The third-order valence-electron chi connectivity index (χ3n) is 1.88. The lowest BCUT2D eigenvalue weighted by Crippen LogP contribution is -2.30. The zero-order chi connectivity index (χ0) is 12.6. The van der Waals surface area contributed by atoms with Crippen LogP contribution in [-0.4, -0.2) is 33.9 Å². The van der Waals surface area contributed by atoms with Crippen LogP contribution in [-0.2, 0) is 14.8 Å². The van der Waals surface area contributed by atoms with Gasteiger partial charge in [-0.3, -0.25) is 0 Å². The normalized spacial score (nSPS) is 12.0. The van der Waals surface area contributed by atoms with Gasteiger partial charge in [-0.1, -0.05) is 26.0 Å². The molecule has 1 N–H and O–H groups in total. The molecule has 4 nitrogen and oxygen atoms in total. The molecular formula is C11H23NO3S. The molecule has 16 heavy (non-hydrogen) atoms. The molecular weight excluding hydrogens is 226 g/mol. The van der Waals surface area contributed by atoms with Crippen molar-refractivity contribution in [3.63, 3.8) is 0 Å². The van der Waals surface area contributed by atoms with Crippen molar-refractivity contribution in [2.75, 3.05) is 25.5 Å². The van der Waals surface area contributed by atoms with Gasteiger partial charge in [0.2, 0.25) is 10.0 Å². The molecule has 0 saturated carbocycles. The first-order valence-electron chi connectivity index (χ1n) is 5.53. The maximum Gasteiger partial charge on any atom is 0.211 e. The van der Waals surface area contributed by atoms with Crippen molar-refractivity contribution < 1.29 is 13.2 Å². The lowest BCUT2D eigenvalue weighted by atomic mass is 10.2. The molecule has 5 heteroatoms. The van der Waals surface area contributed by atoms with Crippen LogP contribution < -0.4 is 4.72 Å². The molecule has 0 radical (unpaired) electrons. The highest BCUT2D eigenvalue weighted by atomic mass is 32.2. The predicted molar refractivity (Wildman–Crippen MR) is 66.9 cm³/mol. The summed E-state index contributed by atoms with van der Waals surface area (Å²) in [5.41, 5.74) is 0.933. The minimum Gasteiger partial charge on any atom is -0.376 e. The molecule has 0 unspecified atom stereocenters. The highest BCUT2D eigenvalue weighted by Crippen LogP contribution is 2.01. The van der Waals surface area contributed by atoms with Crippen molar-refractivity contribution >= 4 is 10.0 Å². The Bertz CT molecular complexity index is 296. The SMILES string of the molecule is C=C(C)COCCNS(=O)(=O)CCC(C)C. The van der Waals surface area contributed by atoms with Gasteiger partial charge in [-0.2, -0.15) is 0 Å². The van der Waals surface area contributed by atoms with Crippen LogP contribution in [0.4, 0.5) is 0 Å². The summed E-state index contributed by atoms with van der Waals surface area (Å²) in [5, 5.41) is 0. The van der Waals surface area contributed by atoms with Gasteiger partial charge in [-0.05, 0) is 19.3 Å². The zero-order valence-corrected chi connectivity index (χ0v) is 11.3. The van der Waals surface area contributed by atoms with Crippen LogP contribution in [0.25, 0.3) is 0 Å². The van der Waals surface area contributed by atoms with Gasteiger partial charge in [0, 0.05) is 6.54 Å². The average Bonchev–Trinajstić information content (AvgIpc) is 2.14. The number of hydrogen-bond donors (Lipinski definition) is 1. The lowest BCUT2D eigenvalue weighted by molar-refractivity contribution is 0.162. The Kier molecular flexibility index (Phi) is 7.62. The van der Waals surface area contributed by atoms with Gasteiger partial charge in [0.15, 0.2) is 0 Å². The van der Waals surface area contributed by atoms with Crippen LogP contribution in [0, 0.1) is 5.92 Å². The second-order valence-corrected chi connectivity index (χ2v) is 6.33. The van der Waals surface area contributed by atoms with E-state index in [1.807, 2.05) is 20.8 Å². The minimum atomic E-state index is -3.13. The van der Waals surface area contributed by atoms with E-state index in [9.17, 15) is 8.42 Å². The van der Waals surface area contributed by atoms with Gasteiger partial charge in [-0.15, -0.1) is 0 Å².